The van der Waals surface area contributed by atoms with Crippen molar-refractivity contribution in [3.05, 3.63) is 58.2 Å². The molecular formula is C15H15BrN2O2. The van der Waals surface area contributed by atoms with Crippen molar-refractivity contribution in [2.45, 2.75) is 13.0 Å². The fourth-order valence-corrected chi connectivity index (χ4v) is 2.32. The zero-order valence-corrected chi connectivity index (χ0v) is 12.8. The number of methoxy groups -OCH3 is 1. The second-order valence-electron chi connectivity index (χ2n) is 4.33. The van der Waals surface area contributed by atoms with E-state index in [1.165, 1.54) is 7.11 Å². The zero-order valence-electron chi connectivity index (χ0n) is 11.3. The van der Waals surface area contributed by atoms with Crippen LogP contribution in [0.25, 0.3) is 0 Å². The minimum Gasteiger partial charge on any atom is -0.467 e. The van der Waals surface area contributed by atoms with Gasteiger partial charge >= 0.3 is 5.97 Å². The molecule has 0 aliphatic heterocycles. The molecule has 0 spiro atoms. The van der Waals surface area contributed by atoms with Crippen molar-refractivity contribution in [3.63, 3.8) is 0 Å². The quantitative estimate of drug-likeness (QED) is 0.869. The lowest BCUT2D eigenvalue weighted by molar-refractivity contribution is -0.141. The van der Waals surface area contributed by atoms with E-state index in [-0.39, 0.29) is 5.97 Å². The number of aryl methyl sites for hydroxylation is 1. The average Bonchev–Trinajstić information content (AvgIpc) is 2.46. The summed E-state index contributed by atoms with van der Waals surface area (Å²) in [6.07, 6.45) is 1.69. The number of benzene rings is 1. The van der Waals surface area contributed by atoms with E-state index in [1.807, 2.05) is 43.3 Å². The molecular weight excluding hydrogens is 320 g/mol. The molecule has 4 nitrogen and oxygen atoms in total. The second kappa shape index (κ2) is 6.52. The Morgan fingerprint density at radius 1 is 1.35 bits per heavy atom. The first-order valence-electron chi connectivity index (χ1n) is 6.13. The van der Waals surface area contributed by atoms with Crippen molar-refractivity contribution in [1.29, 1.82) is 0 Å². The molecule has 1 heterocycles. The first-order chi connectivity index (χ1) is 9.61. The van der Waals surface area contributed by atoms with Crippen molar-refractivity contribution >= 4 is 27.7 Å². The number of nitrogens with one attached hydrogen (secondary N) is 1. The van der Waals surface area contributed by atoms with Gasteiger partial charge < -0.3 is 10.1 Å². The summed E-state index contributed by atoms with van der Waals surface area (Å²) in [5, 5.41) is 3.14. The van der Waals surface area contributed by atoms with Crippen LogP contribution < -0.4 is 5.32 Å². The largest absolute Gasteiger partial charge is 0.467 e. The van der Waals surface area contributed by atoms with Crippen molar-refractivity contribution in [1.82, 2.24) is 4.98 Å². The van der Waals surface area contributed by atoms with Gasteiger partial charge in [-0.2, -0.15) is 0 Å². The molecule has 0 aliphatic rings. The van der Waals surface area contributed by atoms with Gasteiger partial charge in [0.25, 0.3) is 0 Å². The summed E-state index contributed by atoms with van der Waals surface area (Å²) in [4.78, 5) is 16.3. The molecule has 0 radical (unpaired) electrons. The van der Waals surface area contributed by atoms with Crippen LogP contribution in [0.5, 0.6) is 0 Å². The predicted octanol–water partition coefficient (Wildman–Crippen LogP) is 3.48. The van der Waals surface area contributed by atoms with Crippen molar-refractivity contribution < 1.29 is 9.53 Å². The Morgan fingerprint density at radius 2 is 2.05 bits per heavy atom. The summed E-state index contributed by atoms with van der Waals surface area (Å²) in [6, 6.07) is 10.8. The standard InChI is InChI=1S/C15H15BrN2O2/c1-10-8-12(16)9-17-14(10)18-13(15(19)20-2)11-6-4-3-5-7-11/h3-9,13H,1-2H3,(H,17,18). The fraction of sp³-hybridized carbons (Fsp3) is 0.200. The Morgan fingerprint density at radius 3 is 2.65 bits per heavy atom. The van der Waals surface area contributed by atoms with Crippen LogP contribution in [0.4, 0.5) is 5.82 Å². The smallest absolute Gasteiger partial charge is 0.333 e. The number of anilines is 1. The summed E-state index contributed by atoms with van der Waals surface area (Å²) in [6.45, 7) is 1.93. The van der Waals surface area contributed by atoms with Gasteiger partial charge in [0.05, 0.1) is 7.11 Å². The van der Waals surface area contributed by atoms with E-state index in [2.05, 4.69) is 26.2 Å². The van der Waals surface area contributed by atoms with Gasteiger partial charge in [0.1, 0.15) is 5.82 Å². The van der Waals surface area contributed by atoms with Crippen LogP contribution in [0, 0.1) is 6.92 Å². The molecule has 0 aliphatic carbocycles. The van der Waals surface area contributed by atoms with E-state index in [0.29, 0.717) is 5.82 Å². The first kappa shape index (κ1) is 14.5. The number of halogens is 1. The van der Waals surface area contributed by atoms with Gasteiger partial charge in [0, 0.05) is 10.7 Å². The van der Waals surface area contributed by atoms with Crippen molar-refractivity contribution in [2.24, 2.45) is 0 Å². The van der Waals surface area contributed by atoms with Crippen LogP contribution in [0.15, 0.2) is 47.1 Å². The normalized spacial score (nSPS) is 11.8. The van der Waals surface area contributed by atoms with Gasteiger partial charge in [0.15, 0.2) is 6.04 Å². The highest BCUT2D eigenvalue weighted by Gasteiger charge is 2.22. The number of hydrogen-bond donors (Lipinski definition) is 1. The van der Waals surface area contributed by atoms with Crippen molar-refractivity contribution in [2.75, 3.05) is 12.4 Å². The van der Waals surface area contributed by atoms with E-state index >= 15 is 0 Å². The summed E-state index contributed by atoms with van der Waals surface area (Å²) in [7, 11) is 1.38. The van der Waals surface area contributed by atoms with E-state index in [1.54, 1.807) is 6.20 Å². The maximum absolute atomic E-state index is 12.0. The zero-order chi connectivity index (χ0) is 14.5. The Labute approximate surface area is 126 Å². The highest BCUT2D eigenvalue weighted by atomic mass is 79.9. The van der Waals surface area contributed by atoms with Crippen LogP contribution in [0.2, 0.25) is 0 Å². The summed E-state index contributed by atoms with van der Waals surface area (Å²) < 4.78 is 5.76. The van der Waals surface area contributed by atoms with Crippen LogP contribution in [-0.4, -0.2) is 18.1 Å². The maximum atomic E-state index is 12.0. The predicted molar refractivity (Wildman–Crippen MR) is 81.5 cm³/mol. The SMILES string of the molecule is COC(=O)C(Nc1ncc(Br)cc1C)c1ccccc1. The lowest BCUT2D eigenvalue weighted by Gasteiger charge is -2.18. The third-order valence-electron chi connectivity index (χ3n) is 2.90. The number of aromatic nitrogens is 1. The second-order valence-corrected chi connectivity index (χ2v) is 5.25. The molecule has 2 aromatic rings. The lowest BCUT2D eigenvalue weighted by atomic mass is 10.1. The number of carbonyl (C=O) groups is 1. The van der Waals surface area contributed by atoms with Gasteiger partial charge in [-0.3, -0.25) is 0 Å². The van der Waals surface area contributed by atoms with Crippen LogP contribution in [0.3, 0.4) is 0 Å². The third-order valence-corrected chi connectivity index (χ3v) is 3.33. The van der Waals surface area contributed by atoms with Gasteiger partial charge in [-0.15, -0.1) is 0 Å². The van der Waals surface area contributed by atoms with E-state index in [9.17, 15) is 4.79 Å². The highest BCUT2D eigenvalue weighted by Crippen LogP contribution is 2.23. The number of pyridine rings is 1. The molecule has 5 heteroatoms. The molecule has 0 saturated heterocycles. The molecule has 0 fully saturated rings. The molecule has 0 saturated carbocycles. The third kappa shape index (κ3) is 3.36. The molecule has 0 amide bonds. The molecule has 1 aromatic carbocycles. The van der Waals surface area contributed by atoms with Crippen LogP contribution >= 0.6 is 15.9 Å². The van der Waals surface area contributed by atoms with Gasteiger partial charge in [-0.1, -0.05) is 30.3 Å². The van der Waals surface area contributed by atoms with Gasteiger partial charge in [-0.25, -0.2) is 9.78 Å². The molecule has 1 N–H and O–H groups in total. The van der Waals surface area contributed by atoms with E-state index in [0.717, 1.165) is 15.6 Å². The Balaban J connectivity index is 2.31. The average molecular weight is 335 g/mol. The Bertz CT molecular complexity index is 602. The molecule has 1 aromatic heterocycles. The molecule has 2 rings (SSSR count). The minimum absolute atomic E-state index is 0.347. The fourth-order valence-electron chi connectivity index (χ4n) is 1.87. The molecule has 1 unspecified atom stereocenters. The number of rotatable bonds is 4. The minimum atomic E-state index is -0.575. The van der Waals surface area contributed by atoms with E-state index in [4.69, 9.17) is 4.74 Å². The topological polar surface area (TPSA) is 51.2 Å². The molecule has 0 bridgehead atoms. The van der Waals surface area contributed by atoms with Crippen molar-refractivity contribution in [3.8, 4) is 0 Å². The monoisotopic (exact) mass is 334 g/mol. The van der Waals surface area contributed by atoms with Crippen LogP contribution in [-0.2, 0) is 9.53 Å². The lowest BCUT2D eigenvalue weighted by Crippen LogP contribution is -2.23. The van der Waals surface area contributed by atoms with E-state index < -0.39 is 6.04 Å². The first-order valence-corrected chi connectivity index (χ1v) is 6.92. The van der Waals surface area contributed by atoms with Gasteiger partial charge in [-0.05, 0) is 40.0 Å². The molecule has 104 valence electrons. The number of ether oxygens (including phenoxy) is 1. The number of esters is 1. The maximum Gasteiger partial charge on any atom is 0.333 e. The Kier molecular flexibility index (Phi) is 4.74. The molecule has 1 atom stereocenters. The van der Waals surface area contributed by atoms with Crippen LogP contribution in [0.1, 0.15) is 17.2 Å². The molecule has 20 heavy (non-hydrogen) atoms. The number of nitrogens with zero attached hydrogens (tertiary/aromatic N) is 1. The van der Waals surface area contributed by atoms with Gasteiger partial charge in [0.2, 0.25) is 0 Å². The number of hydrogen-bond acceptors (Lipinski definition) is 4. The highest BCUT2D eigenvalue weighted by molar-refractivity contribution is 9.10. The summed E-state index contributed by atoms with van der Waals surface area (Å²) in [5.74, 6) is 0.313. The Hall–Kier alpha value is -1.88. The summed E-state index contributed by atoms with van der Waals surface area (Å²) in [5.41, 5.74) is 1.78. The summed E-state index contributed by atoms with van der Waals surface area (Å²) >= 11 is 3.37. The number of carbonyl (C=O) groups excluding carboxylic acids is 1.